The van der Waals surface area contributed by atoms with Crippen molar-refractivity contribution >= 4 is 23.3 Å². The molecule has 144 valence electrons. The summed E-state index contributed by atoms with van der Waals surface area (Å²) in [6, 6.07) is 8.78. The largest absolute Gasteiger partial charge is 0.496 e. The first-order chi connectivity index (χ1) is 13.7. The molecule has 3 aromatic rings. The number of ether oxygens (including phenoxy) is 1. The van der Waals surface area contributed by atoms with Gasteiger partial charge < -0.3 is 14.5 Å². The van der Waals surface area contributed by atoms with Gasteiger partial charge in [0.2, 0.25) is 0 Å². The van der Waals surface area contributed by atoms with Crippen molar-refractivity contribution in [2.45, 2.75) is 0 Å². The number of methoxy groups -OCH3 is 1. The number of aromatic nitrogens is 5. The molecule has 1 aliphatic rings. The molecule has 0 radical (unpaired) electrons. The lowest BCUT2D eigenvalue weighted by atomic mass is 10.1. The monoisotopic (exact) mass is 399 g/mol. The Bertz CT molecular complexity index is 955. The Morgan fingerprint density at radius 2 is 1.82 bits per heavy atom. The van der Waals surface area contributed by atoms with Crippen molar-refractivity contribution in [2.75, 3.05) is 38.2 Å². The van der Waals surface area contributed by atoms with Gasteiger partial charge in [-0.2, -0.15) is 5.10 Å². The maximum absolute atomic E-state index is 12.9. The Kier molecular flexibility index (Phi) is 5.07. The van der Waals surface area contributed by atoms with E-state index in [0.717, 1.165) is 5.82 Å². The van der Waals surface area contributed by atoms with Gasteiger partial charge in [-0.25, -0.2) is 9.67 Å². The maximum atomic E-state index is 12.9. The van der Waals surface area contributed by atoms with E-state index in [1.54, 1.807) is 41.2 Å². The van der Waals surface area contributed by atoms with Crippen LogP contribution in [0.1, 0.15) is 10.4 Å². The van der Waals surface area contributed by atoms with E-state index < -0.39 is 0 Å². The minimum Gasteiger partial charge on any atom is -0.496 e. The van der Waals surface area contributed by atoms with Crippen LogP contribution in [0.5, 0.6) is 5.75 Å². The van der Waals surface area contributed by atoms with E-state index in [1.165, 1.54) is 6.33 Å². The molecular weight excluding hydrogens is 382 g/mol. The molecule has 1 amide bonds. The van der Waals surface area contributed by atoms with E-state index in [0.29, 0.717) is 48.3 Å². The molecule has 0 aliphatic carbocycles. The van der Waals surface area contributed by atoms with Crippen LogP contribution >= 0.6 is 11.6 Å². The van der Waals surface area contributed by atoms with Crippen molar-refractivity contribution in [3.63, 3.8) is 0 Å². The highest BCUT2D eigenvalue weighted by Crippen LogP contribution is 2.25. The SMILES string of the molecule is COc1ccc(Cl)cc1C(=O)N1CCN(c2ccc(-n3cncn3)nn2)CC1. The van der Waals surface area contributed by atoms with E-state index in [4.69, 9.17) is 16.3 Å². The average Bonchev–Trinajstić information content (AvgIpc) is 3.28. The fourth-order valence-electron chi connectivity index (χ4n) is 3.09. The molecule has 2 aromatic heterocycles. The van der Waals surface area contributed by atoms with Gasteiger partial charge in [-0.3, -0.25) is 4.79 Å². The van der Waals surface area contributed by atoms with E-state index in [1.807, 2.05) is 12.1 Å². The van der Waals surface area contributed by atoms with Gasteiger partial charge in [-0.15, -0.1) is 10.2 Å². The van der Waals surface area contributed by atoms with Crippen LogP contribution in [0.4, 0.5) is 5.82 Å². The molecule has 1 saturated heterocycles. The van der Waals surface area contributed by atoms with E-state index in [2.05, 4.69) is 25.2 Å². The summed E-state index contributed by atoms with van der Waals surface area (Å²) in [7, 11) is 1.54. The Morgan fingerprint density at radius 3 is 2.46 bits per heavy atom. The molecule has 0 saturated carbocycles. The summed E-state index contributed by atoms with van der Waals surface area (Å²) >= 11 is 6.05. The highest BCUT2D eigenvalue weighted by atomic mass is 35.5. The molecule has 0 unspecified atom stereocenters. The lowest BCUT2D eigenvalue weighted by molar-refractivity contribution is 0.0743. The van der Waals surface area contributed by atoms with Crippen LogP contribution < -0.4 is 9.64 Å². The molecule has 1 aliphatic heterocycles. The highest BCUT2D eigenvalue weighted by molar-refractivity contribution is 6.31. The number of hydrogen-bond acceptors (Lipinski definition) is 7. The summed E-state index contributed by atoms with van der Waals surface area (Å²) in [5, 5.41) is 13.0. The molecule has 10 heteroatoms. The molecule has 0 N–H and O–H groups in total. The second-order valence-corrected chi connectivity index (χ2v) is 6.65. The average molecular weight is 400 g/mol. The smallest absolute Gasteiger partial charge is 0.257 e. The van der Waals surface area contributed by atoms with Crippen molar-refractivity contribution in [1.82, 2.24) is 29.9 Å². The predicted molar refractivity (Wildman–Crippen MR) is 103 cm³/mol. The van der Waals surface area contributed by atoms with Crippen LogP contribution in [0.25, 0.3) is 5.82 Å². The van der Waals surface area contributed by atoms with Gasteiger partial charge in [0.05, 0.1) is 12.7 Å². The fraction of sp³-hybridized carbons (Fsp3) is 0.278. The van der Waals surface area contributed by atoms with Gasteiger partial charge in [0.1, 0.15) is 18.4 Å². The summed E-state index contributed by atoms with van der Waals surface area (Å²) in [5.74, 6) is 1.79. The molecule has 9 nitrogen and oxygen atoms in total. The first-order valence-electron chi connectivity index (χ1n) is 8.72. The van der Waals surface area contributed by atoms with E-state index >= 15 is 0 Å². The van der Waals surface area contributed by atoms with E-state index in [-0.39, 0.29) is 5.91 Å². The number of amides is 1. The topological polar surface area (TPSA) is 89.3 Å². The number of rotatable bonds is 4. The summed E-state index contributed by atoms with van der Waals surface area (Å²) in [6.07, 6.45) is 3.01. The van der Waals surface area contributed by atoms with Gasteiger partial charge in [0.15, 0.2) is 11.6 Å². The Balaban J connectivity index is 1.42. The molecule has 0 bridgehead atoms. The van der Waals surface area contributed by atoms with Crippen molar-refractivity contribution in [1.29, 1.82) is 0 Å². The summed E-state index contributed by atoms with van der Waals surface area (Å²) in [4.78, 5) is 20.7. The zero-order valence-electron chi connectivity index (χ0n) is 15.2. The number of carbonyl (C=O) groups excluding carboxylic acids is 1. The summed E-state index contributed by atoms with van der Waals surface area (Å²) in [6.45, 7) is 2.46. The molecule has 28 heavy (non-hydrogen) atoms. The van der Waals surface area contributed by atoms with Crippen molar-refractivity contribution in [3.05, 3.63) is 53.6 Å². The minimum absolute atomic E-state index is 0.0911. The molecule has 4 rings (SSSR count). The second-order valence-electron chi connectivity index (χ2n) is 6.21. The van der Waals surface area contributed by atoms with Gasteiger partial charge in [-0.05, 0) is 30.3 Å². The Morgan fingerprint density at radius 1 is 1.07 bits per heavy atom. The van der Waals surface area contributed by atoms with Crippen LogP contribution in [0.2, 0.25) is 5.02 Å². The molecular formula is C18H18ClN7O2. The lowest BCUT2D eigenvalue weighted by Gasteiger charge is -2.35. The molecule has 3 heterocycles. The lowest BCUT2D eigenvalue weighted by Crippen LogP contribution is -2.49. The zero-order valence-corrected chi connectivity index (χ0v) is 16.0. The number of carbonyl (C=O) groups is 1. The second kappa shape index (κ2) is 7.81. The number of halogens is 1. The number of benzene rings is 1. The van der Waals surface area contributed by atoms with Gasteiger partial charge in [-0.1, -0.05) is 11.6 Å². The van der Waals surface area contributed by atoms with Crippen LogP contribution in [-0.4, -0.2) is 69.1 Å². The summed E-state index contributed by atoms with van der Waals surface area (Å²) in [5.41, 5.74) is 0.473. The first-order valence-corrected chi connectivity index (χ1v) is 9.10. The number of piperazine rings is 1. The van der Waals surface area contributed by atoms with Crippen molar-refractivity contribution < 1.29 is 9.53 Å². The quantitative estimate of drug-likeness (QED) is 0.659. The van der Waals surface area contributed by atoms with Crippen LogP contribution in [-0.2, 0) is 0 Å². The minimum atomic E-state index is -0.0911. The van der Waals surface area contributed by atoms with Crippen LogP contribution in [0, 0.1) is 0 Å². The third-order valence-electron chi connectivity index (χ3n) is 4.57. The van der Waals surface area contributed by atoms with Crippen molar-refractivity contribution in [3.8, 4) is 11.6 Å². The number of anilines is 1. The fourth-order valence-corrected chi connectivity index (χ4v) is 3.26. The third kappa shape index (κ3) is 3.61. The van der Waals surface area contributed by atoms with Crippen LogP contribution in [0.3, 0.4) is 0 Å². The standard InChI is InChI=1S/C18H18ClN7O2/c1-28-15-3-2-13(19)10-14(15)18(27)25-8-6-24(7-9-25)16-4-5-17(23-22-16)26-12-20-11-21-26/h2-5,10-12H,6-9H2,1H3. The van der Waals surface area contributed by atoms with E-state index in [9.17, 15) is 4.79 Å². The first kappa shape index (κ1) is 18.2. The third-order valence-corrected chi connectivity index (χ3v) is 4.81. The highest BCUT2D eigenvalue weighted by Gasteiger charge is 2.25. The Labute approximate surface area is 166 Å². The molecule has 0 atom stereocenters. The van der Waals surface area contributed by atoms with Gasteiger partial charge in [0.25, 0.3) is 5.91 Å². The number of hydrogen-bond donors (Lipinski definition) is 0. The number of nitrogens with zero attached hydrogens (tertiary/aromatic N) is 7. The van der Waals surface area contributed by atoms with Crippen molar-refractivity contribution in [2.24, 2.45) is 0 Å². The predicted octanol–water partition coefficient (Wildman–Crippen LogP) is 1.68. The van der Waals surface area contributed by atoms with Gasteiger partial charge >= 0.3 is 0 Å². The molecule has 0 spiro atoms. The normalized spacial score (nSPS) is 14.2. The zero-order chi connectivity index (χ0) is 19.5. The van der Waals surface area contributed by atoms with Crippen LogP contribution in [0.15, 0.2) is 43.0 Å². The molecule has 1 aromatic carbocycles. The molecule has 1 fully saturated rings. The Hall–Kier alpha value is -3.20. The summed E-state index contributed by atoms with van der Waals surface area (Å²) < 4.78 is 6.85. The van der Waals surface area contributed by atoms with Gasteiger partial charge in [0, 0.05) is 31.2 Å². The maximum Gasteiger partial charge on any atom is 0.257 e.